The van der Waals surface area contributed by atoms with Crippen LogP contribution in [0.2, 0.25) is 10.0 Å². The van der Waals surface area contributed by atoms with Crippen LogP contribution in [-0.2, 0) is 5.41 Å². The molecule has 0 radical (unpaired) electrons. The first-order chi connectivity index (χ1) is 23.9. The summed E-state index contributed by atoms with van der Waals surface area (Å²) in [7, 11) is 0. The molecule has 6 aromatic carbocycles. The van der Waals surface area contributed by atoms with E-state index in [1.807, 2.05) is 0 Å². The second-order valence-corrected chi connectivity index (χ2v) is 12.5. The Balaban J connectivity index is 1.13. The molecule has 250 valence electrons. The van der Waals surface area contributed by atoms with Crippen molar-refractivity contribution in [3.63, 3.8) is 0 Å². The minimum Gasteiger partial charge on any atom is -0.457 e. The molecule has 0 heterocycles. The molecule has 0 saturated heterocycles. The lowest BCUT2D eigenvalue weighted by Crippen LogP contribution is -2.40. The topological polar surface area (TPSA) is 52.6 Å². The Morgan fingerprint density at radius 1 is 0.440 bits per heavy atom. The third kappa shape index (κ3) is 7.44. The van der Waals surface area contributed by atoms with Crippen LogP contribution in [0.1, 0.15) is 49.9 Å². The number of alkyl halides is 3. The van der Waals surface area contributed by atoms with Crippen molar-refractivity contribution in [2.24, 2.45) is 0 Å². The SMILES string of the molecule is CC(c1ccc(Oc2ccc(C(=O)c3ccc(Cl)cc3)cc2)cc1)(c1ccc(Oc2ccc(C(=O)c3ccc(Cl)cc3)cc2)cc1)C(F)(F)F. The smallest absolute Gasteiger partial charge is 0.402 e. The molecule has 0 aliphatic rings. The average molecular weight is 712 g/mol. The largest absolute Gasteiger partial charge is 0.457 e. The molecule has 9 heteroatoms. The second kappa shape index (κ2) is 14.2. The van der Waals surface area contributed by atoms with E-state index >= 15 is 0 Å². The summed E-state index contributed by atoms with van der Waals surface area (Å²) in [6.45, 7) is 1.13. The van der Waals surface area contributed by atoms with E-state index in [0.717, 1.165) is 6.92 Å². The predicted octanol–water partition coefficient (Wildman–Crippen LogP) is 11.9. The van der Waals surface area contributed by atoms with E-state index in [1.54, 1.807) is 97.1 Å². The standard InChI is InChI=1S/C41H27Cl2F3O4/c1-40(41(44,45)46,30-10-22-36(23-11-30)49-34-18-6-28(7-19-34)38(47)26-2-14-32(42)15-3-26)31-12-24-37(25-13-31)50-35-20-8-29(9-21-35)39(48)27-4-16-33(43)17-5-27/h2-25H,1H3. The Kier molecular flexibility index (Phi) is 9.82. The molecule has 0 amide bonds. The Labute approximate surface area is 296 Å². The van der Waals surface area contributed by atoms with Gasteiger partial charge in [-0.1, -0.05) is 47.5 Å². The zero-order valence-corrected chi connectivity index (χ0v) is 27.9. The third-order valence-electron chi connectivity index (χ3n) is 8.35. The van der Waals surface area contributed by atoms with Gasteiger partial charge < -0.3 is 9.47 Å². The molecule has 0 aliphatic carbocycles. The van der Waals surface area contributed by atoms with Crippen molar-refractivity contribution in [1.82, 2.24) is 0 Å². The lowest BCUT2D eigenvalue weighted by molar-refractivity contribution is -0.173. The molecule has 0 aliphatic heterocycles. The highest BCUT2D eigenvalue weighted by molar-refractivity contribution is 6.31. The first-order valence-electron chi connectivity index (χ1n) is 15.3. The van der Waals surface area contributed by atoms with Crippen LogP contribution in [0.3, 0.4) is 0 Å². The molecule has 0 N–H and O–H groups in total. The highest BCUT2D eigenvalue weighted by Gasteiger charge is 2.53. The molecule has 4 nitrogen and oxygen atoms in total. The van der Waals surface area contributed by atoms with Crippen molar-refractivity contribution in [3.8, 4) is 23.0 Å². The van der Waals surface area contributed by atoms with E-state index in [2.05, 4.69) is 0 Å². The minimum absolute atomic E-state index is 0.0240. The zero-order valence-electron chi connectivity index (χ0n) is 26.4. The van der Waals surface area contributed by atoms with Crippen LogP contribution >= 0.6 is 23.2 Å². The predicted molar refractivity (Wildman–Crippen MR) is 188 cm³/mol. The van der Waals surface area contributed by atoms with Gasteiger partial charge in [-0.2, -0.15) is 13.2 Å². The van der Waals surface area contributed by atoms with Crippen molar-refractivity contribution in [1.29, 1.82) is 0 Å². The molecule has 0 aromatic heterocycles. The number of ether oxygens (including phenoxy) is 2. The number of hydrogen-bond acceptors (Lipinski definition) is 4. The van der Waals surface area contributed by atoms with Crippen LogP contribution < -0.4 is 9.47 Å². The Morgan fingerprint density at radius 2 is 0.680 bits per heavy atom. The number of carbonyl (C=O) groups is 2. The Bertz CT molecular complexity index is 1960. The van der Waals surface area contributed by atoms with Crippen LogP contribution in [0.25, 0.3) is 0 Å². The number of benzene rings is 6. The summed E-state index contributed by atoms with van der Waals surface area (Å²) < 4.78 is 55.9. The summed E-state index contributed by atoms with van der Waals surface area (Å²) in [4.78, 5) is 25.5. The lowest BCUT2D eigenvalue weighted by Gasteiger charge is -2.33. The maximum atomic E-state index is 14.7. The number of rotatable bonds is 10. The molecule has 0 spiro atoms. The van der Waals surface area contributed by atoms with Gasteiger partial charge in [-0.05, 0) is 139 Å². The van der Waals surface area contributed by atoms with Gasteiger partial charge in [-0.25, -0.2) is 0 Å². The van der Waals surface area contributed by atoms with E-state index < -0.39 is 11.6 Å². The van der Waals surface area contributed by atoms with Gasteiger partial charge in [0.15, 0.2) is 11.6 Å². The lowest BCUT2D eigenvalue weighted by atomic mass is 9.75. The fourth-order valence-electron chi connectivity index (χ4n) is 5.36. The molecule has 6 rings (SSSR count). The minimum atomic E-state index is -4.63. The van der Waals surface area contributed by atoms with E-state index in [4.69, 9.17) is 32.7 Å². The first kappa shape index (κ1) is 34.5. The van der Waals surface area contributed by atoms with Crippen LogP contribution in [0.5, 0.6) is 23.0 Å². The average Bonchev–Trinajstić information content (AvgIpc) is 3.12. The monoisotopic (exact) mass is 710 g/mol. The number of halogens is 5. The van der Waals surface area contributed by atoms with Crippen LogP contribution in [-0.4, -0.2) is 17.7 Å². The number of hydrogen-bond donors (Lipinski definition) is 0. The maximum absolute atomic E-state index is 14.7. The summed E-state index contributed by atoms with van der Waals surface area (Å²) in [6, 6.07) is 37.5. The van der Waals surface area contributed by atoms with E-state index in [-0.39, 0.29) is 22.7 Å². The van der Waals surface area contributed by atoms with Crippen molar-refractivity contribution in [2.75, 3.05) is 0 Å². The Hall–Kier alpha value is -5.37. The van der Waals surface area contributed by atoms with Gasteiger partial charge in [0.2, 0.25) is 0 Å². The summed E-state index contributed by atoms with van der Waals surface area (Å²) in [6.07, 6.45) is -4.63. The van der Waals surface area contributed by atoms with Crippen LogP contribution in [0, 0.1) is 0 Å². The second-order valence-electron chi connectivity index (χ2n) is 11.6. The fourth-order valence-corrected chi connectivity index (χ4v) is 5.62. The highest BCUT2D eigenvalue weighted by Crippen LogP contribution is 2.47. The van der Waals surface area contributed by atoms with Crippen LogP contribution in [0.15, 0.2) is 146 Å². The normalized spacial score (nSPS) is 11.6. The molecule has 50 heavy (non-hydrogen) atoms. The molecule has 0 atom stereocenters. The third-order valence-corrected chi connectivity index (χ3v) is 8.85. The van der Waals surface area contributed by atoms with Crippen molar-refractivity contribution < 1.29 is 32.2 Å². The van der Waals surface area contributed by atoms with E-state index in [9.17, 15) is 22.8 Å². The van der Waals surface area contributed by atoms with Crippen LogP contribution in [0.4, 0.5) is 13.2 Å². The molecule has 0 saturated carbocycles. The van der Waals surface area contributed by atoms with Gasteiger partial charge in [0.05, 0.1) is 0 Å². The summed E-state index contributed by atoms with van der Waals surface area (Å²) in [5, 5.41) is 1.06. The molecule has 0 unspecified atom stereocenters. The first-order valence-corrected chi connectivity index (χ1v) is 16.1. The summed E-state index contributed by atoms with van der Waals surface area (Å²) in [5.74, 6) is 1.14. The van der Waals surface area contributed by atoms with E-state index in [1.165, 1.54) is 48.5 Å². The molecule has 0 fully saturated rings. The van der Waals surface area contributed by atoms with Gasteiger partial charge in [-0.3, -0.25) is 9.59 Å². The number of carbonyl (C=O) groups excluding carboxylic acids is 2. The van der Waals surface area contributed by atoms with Gasteiger partial charge in [0.1, 0.15) is 28.4 Å². The molecular formula is C41H27Cl2F3O4. The molecule has 6 aromatic rings. The van der Waals surface area contributed by atoms with Crippen molar-refractivity contribution >= 4 is 34.8 Å². The maximum Gasteiger partial charge on any atom is 0.402 e. The number of ketones is 2. The fraction of sp³-hybridized carbons (Fsp3) is 0.0732. The van der Waals surface area contributed by atoms with E-state index in [0.29, 0.717) is 55.3 Å². The Morgan fingerprint density at radius 3 is 0.940 bits per heavy atom. The van der Waals surface area contributed by atoms with Gasteiger partial charge >= 0.3 is 6.18 Å². The van der Waals surface area contributed by atoms with Gasteiger partial charge in [0, 0.05) is 32.3 Å². The highest BCUT2D eigenvalue weighted by atomic mass is 35.5. The summed E-state index contributed by atoms with van der Waals surface area (Å²) >= 11 is 11.8. The quantitative estimate of drug-likeness (QED) is 0.133. The zero-order chi connectivity index (χ0) is 35.5. The van der Waals surface area contributed by atoms with Crippen molar-refractivity contribution in [3.05, 3.63) is 189 Å². The van der Waals surface area contributed by atoms with Crippen molar-refractivity contribution in [2.45, 2.75) is 18.5 Å². The van der Waals surface area contributed by atoms with Gasteiger partial charge in [-0.15, -0.1) is 0 Å². The summed E-state index contributed by atoms with van der Waals surface area (Å²) in [5.41, 5.74) is -0.407. The molecular weight excluding hydrogens is 684 g/mol. The molecule has 0 bridgehead atoms. The van der Waals surface area contributed by atoms with Gasteiger partial charge in [0.25, 0.3) is 0 Å².